The van der Waals surface area contributed by atoms with Gasteiger partial charge in [-0.3, -0.25) is 4.79 Å². The first-order valence-electron chi connectivity index (χ1n) is 6.10. The summed E-state index contributed by atoms with van der Waals surface area (Å²) < 4.78 is 0. The van der Waals surface area contributed by atoms with Crippen molar-refractivity contribution in [3.8, 4) is 0 Å². The van der Waals surface area contributed by atoms with Gasteiger partial charge in [-0.2, -0.15) is 4.79 Å². The number of fused-ring (bicyclic) bond motifs is 3. The van der Waals surface area contributed by atoms with Gasteiger partial charge in [-0.1, -0.05) is 24.3 Å². The van der Waals surface area contributed by atoms with Gasteiger partial charge < -0.3 is 5.53 Å². The monoisotopic (exact) mass is 226 g/mol. The molecule has 0 spiro atoms. The molecule has 3 heteroatoms. The maximum atomic E-state index is 11.6. The predicted molar refractivity (Wildman–Crippen MR) is 63.9 cm³/mol. The predicted octanol–water partition coefficient (Wildman–Crippen LogP) is 2.37. The molecule has 3 nitrogen and oxygen atoms in total. The molecule has 0 heterocycles. The lowest BCUT2D eigenvalue weighted by atomic mass is 9.67. The quantitative estimate of drug-likeness (QED) is 0.495. The van der Waals surface area contributed by atoms with E-state index in [2.05, 4.69) is 16.9 Å². The Labute approximate surface area is 100 Å². The molecule has 17 heavy (non-hydrogen) atoms. The fourth-order valence-electron chi connectivity index (χ4n) is 3.27. The zero-order chi connectivity index (χ0) is 11.8. The highest BCUT2D eigenvalue weighted by Crippen LogP contribution is 2.42. The van der Waals surface area contributed by atoms with Crippen LogP contribution in [0.2, 0.25) is 0 Å². The lowest BCUT2D eigenvalue weighted by Crippen LogP contribution is -2.35. The molecule has 2 aliphatic rings. The number of carbonyl (C=O) groups is 1. The molecule has 3 rings (SSSR count). The standard InChI is InChI=1S/C14H14N2O/c15-16-13-8-11(17)7-10-6-5-9-3-1-2-4-12(9)14(10)13/h1-4,10,14H,5-8H2. The van der Waals surface area contributed by atoms with Crippen LogP contribution in [0.5, 0.6) is 0 Å². The van der Waals surface area contributed by atoms with Crippen molar-refractivity contribution in [1.82, 2.24) is 0 Å². The fourth-order valence-corrected chi connectivity index (χ4v) is 3.27. The number of aryl methyl sites for hydroxylation is 1. The van der Waals surface area contributed by atoms with Gasteiger partial charge in [0, 0.05) is 6.42 Å². The van der Waals surface area contributed by atoms with E-state index in [4.69, 9.17) is 5.53 Å². The molecule has 0 N–H and O–H groups in total. The van der Waals surface area contributed by atoms with Gasteiger partial charge in [0.1, 0.15) is 12.2 Å². The van der Waals surface area contributed by atoms with Crippen molar-refractivity contribution in [1.29, 1.82) is 0 Å². The molecule has 2 unspecified atom stereocenters. The van der Waals surface area contributed by atoms with Crippen LogP contribution in [0.15, 0.2) is 24.3 Å². The highest BCUT2D eigenvalue weighted by molar-refractivity contribution is 6.05. The summed E-state index contributed by atoms with van der Waals surface area (Å²) in [4.78, 5) is 15.0. The summed E-state index contributed by atoms with van der Waals surface area (Å²) in [5, 5.41) is 0. The van der Waals surface area contributed by atoms with Crippen LogP contribution in [-0.2, 0) is 11.2 Å². The molecule has 0 radical (unpaired) electrons. The molecular formula is C14H14N2O. The van der Waals surface area contributed by atoms with Crippen LogP contribution < -0.4 is 0 Å². The second kappa shape index (κ2) is 3.94. The molecule has 0 aromatic heterocycles. The van der Waals surface area contributed by atoms with Gasteiger partial charge in [-0.05, 0) is 29.9 Å². The summed E-state index contributed by atoms with van der Waals surface area (Å²) in [5.41, 5.74) is 12.4. The second-order valence-electron chi connectivity index (χ2n) is 4.99. The van der Waals surface area contributed by atoms with E-state index in [1.54, 1.807) is 0 Å². The van der Waals surface area contributed by atoms with Crippen LogP contribution in [-0.4, -0.2) is 16.3 Å². The Hall–Kier alpha value is -1.73. The summed E-state index contributed by atoms with van der Waals surface area (Å²) in [7, 11) is 0. The van der Waals surface area contributed by atoms with E-state index in [-0.39, 0.29) is 11.7 Å². The van der Waals surface area contributed by atoms with Crippen molar-refractivity contribution in [3.63, 3.8) is 0 Å². The minimum atomic E-state index is 0.155. The highest BCUT2D eigenvalue weighted by Gasteiger charge is 2.43. The topological polar surface area (TPSA) is 53.5 Å². The van der Waals surface area contributed by atoms with Crippen molar-refractivity contribution in [2.45, 2.75) is 31.6 Å². The van der Waals surface area contributed by atoms with Crippen molar-refractivity contribution in [2.24, 2.45) is 5.92 Å². The lowest BCUT2D eigenvalue weighted by molar-refractivity contribution is -0.121. The van der Waals surface area contributed by atoms with Crippen LogP contribution in [0.4, 0.5) is 0 Å². The number of rotatable bonds is 0. The maximum Gasteiger partial charge on any atom is 0.283 e. The molecule has 0 amide bonds. The fraction of sp³-hybridized carbons (Fsp3) is 0.429. The number of hydrogen-bond acceptors (Lipinski definition) is 1. The summed E-state index contributed by atoms with van der Waals surface area (Å²) in [6, 6.07) is 8.31. The Kier molecular flexibility index (Phi) is 2.41. The van der Waals surface area contributed by atoms with Gasteiger partial charge in [0.2, 0.25) is 0 Å². The van der Waals surface area contributed by atoms with Gasteiger partial charge >= 0.3 is 0 Å². The molecule has 1 fully saturated rings. The minimum absolute atomic E-state index is 0.155. The molecule has 2 atom stereocenters. The molecule has 2 aliphatic carbocycles. The molecule has 1 aromatic rings. The molecule has 86 valence electrons. The molecule has 1 saturated carbocycles. The van der Waals surface area contributed by atoms with Crippen LogP contribution >= 0.6 is 0 Å². The maximum absolute atomic E-state index is 11.6. The smallest absolute Gasteiger partial charge is 0.283 e. The average Bonchev–Trinajstić information content (AvgIpc) is 2.37. The number of nitrogens with zero attached hydrogens (tertiary/aromatic N) is 2. The highest BCUT2D eigenvalue weighted by atomic mass is 16.1. The van der Waals surface area contributed by atoms with E-state index >= 15 is 0 Å². The first kappa shape index (κ1) is 10.4. The van der Waals surface area contributed by atoms with E-state index in [0.29, 0.717) is 24.5 Å². The normalized spacial score (nSPS) is 27.1. The third-order valence-corrected chi connectivity index (χ3v) is 4.00. The Bertz CT molecular complexity index is 529. The molecule has 1 aromatic carbocycles. The molecule has 0 bridgehead atoms. The van der Waals surface area contributed by atoms with E-state index in [9.17, 15) is 4.79 Å². The van der Waals surface area contributed by atoms with Crippen molar-refractivity contribution in [2.75, 3.05) is 0 Å². The van der Waals surface area contributed by atoms with Crippen LogP contribution in [0, 0.1) is 5.92 Å². The Morgan fingerprint density at radius 1 is 1.29 bits per heavy atom. The summed E-state index contributed by atoms with van der Waals surface area (Å²) in [6.45, 7) is 0. The van der Waals surface area contributed by atoms with E-state index in [1.807, 2.05) is 12.1 Å². The Morgan fingerprint density at radius 3 is 2.94 bits per heavy atom. The first-order chi connectivity index (χ1) is 8.29. The second-order valence-corrected chi connectivity index (χ2v) is 4.99. The minimum Gasteiger partial charge on any atom is -0.362 e. The van der Waals surface area contributed by atoms with Gasteiger partial charge in [-0.25, -0.2) is 0 Å². The number of Topliss-reactive ketones (excluding diaryl/α,β-unsaturated/α-hetero) is 1. The molecular weight excluding hydrogens is 212 g/mol. The van der Waals surface area contributed by atoms with E-state index in [0.717, 1.165) is 12.8 Å². The van der Waals surface area contributed by atoms with Crippen LogP contribution in [0.1, 0.15) is 36.3 Å². The van der Waals surface area contributed by atoms with E-state index < -0.39 is 0 Å². The van der Waals surface area contributed by atoms with Crippen molar-refractivity contribution < 1.29 is 9.58 Å². The number of carbonyl (C=O) groups excluding carboxylic acids is 1. The average molecular weight is 226 g/mol. The number of benzene rings is 1. The third-order valence-electron chi connectivity index (χ3n) is 4.00. The van der Waals surface area contributed by atoms with Crippen LogP contribution in [0.3, 0.4) is 0 Å². The largest absolute Gasteiger partial charge is 0.362 e. The summed E-state index contributed by atoms with van der Waals surface area (Å²) in [6.07, 6.45) is 3.00. The van der Waals surface area contributed by atoms with Crippen LogP contribution in [0.25, 0.3) is 5.53 Å². The van der Waals surface area contributed by atoms with Gasteiger partial charge in [0.15, 0.2) is 0 Å². The number of ketones is 1. The lowest BCUT2D eigenvalue weighted by Gasteiger charge is -2.33. The zero-order valence-electron chi connectivity index (χ0n) is 9.60. The Morgan fingerprint density at radius 2 is 2.12 bits per heavy atom. The summed E-state index contributed by atoms with van der Waals surface area (Å²) >= 11 is 0. The first-order valence-corrected chi connectivity index (χ1v) is 6.10. The summed E-state index contributed by atoms with van der Waals surface area (Å²) in [5.74, 6) is 0.693. The SMILES string of the molecule is [N-]=[N+]=C1CC(=O)CC2CCc3ccccc3C12. The van der Waals surface area contributed by atoms with Gasteiger partial charge in [0.25, 0.3) is 5.71 Å². The van der Waals surface area contributed by atoms with E-state index in [1.165, 1.54) is 11.1 Å². The van der Waals surface area contributed by atoms with Gasteiger partial charge in [0.05, 0.1) is 5.92 Å². The zero-order valence-corrected chi connectivity index (χ0v) is 9.60. The Balaban J connectivity index is 2.10. The van der Waals surface area contributed by atoms with Crippen molar-refractivity contribution in [3.05, 3.63) is 40.9 Å². The van der Waals surface area contributed by atoms with Crippen molar-refractivity contribution >= 4 is 11.5 Å². The number of hydrogen-bond donors (Lipinski definition) is 0. The third kappa shape index (κ3) is 1.63. The molecule has 0 aliphatic heterocycles. The van der Waals surface area contributed by atoms with Gasteiger partial charge in [-0.15, -0.1) is 0 Å². The molecule has 0 saturated heterocycles.